The zero-order chi connectivity index (χ0) is 21.0. The summed E-state index contributed by atoms with van der Waals surface area (Å²) in [5.41, 5.74) is 6.30. The molecule has 0 spiro atoms. The van der Waals surface area contributed by atoms with E-state index < -0.39 is 17.9 Å². The summed E-state index contributed by atoms with van der Waals surface area (Å²) >= 11 is 0. The minimum Gasteiger partial charge on any atom is -0.481 e. The second kappa shape index (κ2) is 18.5. The Balaban J connectivity index is 0.000000749. The summed E-state index contributed by atoms with van der Waals surface area (Å²) in [6.45, 7) is 2.89. The summed E-state index contributed by atoms with van der Waals surface area (Å²) in [5, 5.41) is 17.5. The number of H-pyrrole nitrogens is 1. The van der Waals surface area contributed by atoms with Crippen molar-refractivity contribution in [2.24, 2.45) is 11.7 Å². The number of aromatic amines is 1. The summed E-state index contributed by atoms with van der Waals surface area (Å²) in [7, 11) is 0. The first-order chi connectivity index (χ1) is 13.5. The molecule has 0 amide bonds. The molecule has 0 saturated carbocycles. The van der Waals surface area contributed by atoms with Crippen LogP contribution >= 0.6 is 0 Å². The zero-order valence-corrected chi connectivity index (χ0v) is 17.4. The molecule has 0 saturated heterocycles. The molecule has 162 valence electrons. The average molecular weight is 398 g/mol. The molecule has 0 aliphatic rings. The number of carboxylic acid groups (broad SMARTS) is 2. The van der Waals surface area contributed by atoms with E-state index in [0.717, 1.165) is 31.4 Å². The number of aromatic nitrogens is 2. The number of hydrogen-bond donors (Lipinski definition) is 4. The summed E-state index contributed by atoms with van der Waals surface area (Å²) in [6, 6.07) is 0. The fraction of sp³-hybridized carbons (Fsp3) is 0.762. The lowest BCUT2D eigenvalue weighted by Crippen LogP contribution is -2.17. The molecular formula is C21H39N3O4. The highest BCUT2D eigenvalue weighted by Gasteiger charge is 2.20. The van der Waals surface area contributed by atoms with Crippen LogP contribution in [0.25, 0.3) is 0 Å². The number of aliphatic carboxylic acids is 2. The Morgan fingerprint density at radius 3 is 2.04 bits per heavy atom. The normalized spacial score (nSPS) is 11.5. The number of nitrogens with one attached hydrogen (secondary N) is 1. The quantitative estimate of drug-likeness (QED) is 0.306. The molecular weight excluding hydrogens is 358 g/mol. The van der Waals surface area contributed by atoms with Crippen LogP contribution in [0.1, 0.15) is 89.7 Å². The third-order valence-corrected chi connectivity index (χ3v) is 4.63. The number of nitrogens with zero attached hydrogens (tertiary/aromatic N) is 1. The van der Waals surface area contributed by atoms with Crippen LogP contribution in [-0.4, -0.2) is 38.7 Å². The van der Waals surface area contributed by atoms with E-state index in [0.29, 0.717) is 13.0 Å². The van der Waals surface area contributed by atoms with Gasteiger partial charge in [0.1, 0.15) is 0 Å². The van der Waals surface area contributed by atoms with Crippen LogP contribution in [0.3, 0.4) is 0 Å². The number of imidazole rings is 1. The molecule has 5 N–H and O–H groups in total. The molecule has 0 aliphatic carbocycles. The average Bonchev–Trinajstić information content (AvgIpc) is 3.16. The SMILES string of the molecule is CCCCCCCCCCCCC(CC(=O)O)C(=O)O.NCCc1c[nH]cn1. The Hall–Kier alpha value is -1.89. The molecule has 0 aromatic carbocycles. The van der Waals surface area contributed by atoms with E-state index >= 15 is 0 Å². The highest BCUT2D eigenvalue weighted by molar-refractivity contribution is 5.77. The topological polar surface area (TPSA) is 129 Å². The van der Waals surface area contributed by atoms with Gasteiger partial charge in [-0.05, 0) is 13.0 Å². The maximum absolute atomic E-state index is 10.9. The minimum absolute atomic E-state index is 0.257. The number of unbranched alkanes of at least 4 members (excludes halogenated alkanes) is 9. The van der Waals surface area contributed by atoms with Crippen LogP contribution in [0.15, 0.2) is 12.5 Å². The van der Waals surface area contributed by atoms with Gasteiger partial charge in [-0.25, -0.2) is 4.98 Å². The van der Waals surface area contributed by atoms with Crippen LogP contribution < -0.4 is 5.73 Å². The lowest BCUT2D eigenvalue weighted by atomic mass is 9.97. The molecule has 1 unspecified atom stereocenters. The van der Waals surface area contributed by atoms with Crippen molar-refractivity contribution in [2.75, 3.05) is 6.54 Å². The van der Waals surface area contributed by atoms with Crippen LogP contribution in [0, 0.1) is 5.92 Å². The summed E-state index contributed by atoms with van der Waals surface area (Å²) in [5.74, 6) is -2.73. The van der Waals surface area contributed by atoms with E-state index in [1.807, 2.05) is 6.20 Å². The Bertz CT molecular complexity index is 492. The fourth-order valence-electron chi connectivity index (χ4n) is 2.98. The largest absolute Gasteiger partial charge is 0.481 e. The molecule has 1 rings (SSSR count). The second-order valence-electron chi connectivity index (χ2n) is 7.20. The molecule has 28 heavy (non-hydrogen) atoms. The van der Waals surface area contributed by atoms with Gasteiger partial charge in [0.05, 0.1) is 24.4 Å². The molecule has 1 aromatic heterocycles. The lowest BCUT2D eigenvalue weighted by Gasteiger charge is -2.09. The predicted molar refractivity (Wildman–Crippen MR) is 111 cm³/mol. The van der Waals surface area contributed by atoms with Crippen LogP contribution in [0.5, 0.6) is 0 Å². The Morgan fingerprint density at radius 2 is 1.61 bits per heavy atom. The number of carboxylic acids is 2. The Morgan fingerprint density at radius 1 is 1.04 bits per heavy atom. The van der Waals surface area contributed by atoms with Crippen molar-refractivity contribution in [3.05, 3.63) is 18.2 Å². The highest BCUT2D eigenvalue weighted by Crippen LogP contribution is 2.16. The van der Waals surface area contributed by atoms with Crippen LogP contribution in [-0.2, 0) is 16.0 Å². The first-order valence-electron chi connectivity index (χ1n) is 10.6. The van der Waals surface area contributed by atoms with Crippen molar-refractivity contribution in [3.63, 3.8) is 0 Å². The molecule has 1 heterocycles. The van der Waals surface area contributed by atoms with E-state index in [-0.39, 0.29) is 6.42 Å². The molecule has 7 nitrogen and oxygen atoms in total. The molecule has 0 bridgehead atoms. The second-order valence-corrected chi connectivity index (χ2v) is 7.20. The van der Waals surface area contributed by atoms with Crippen molar-refractivity contribution >= 4 is 11.9 Å². The zero-order valence-electron chi connectivity index (χ0n) is 17.4. The molecule has 7 heteroatoms. The lowest BCUT2D eigenvalue weighted by molar-refractivity contribution is -0.148. The van der Waals surface area contributed by atoms with Crippen molar-refractivity contribution in [2.45, 2.75) is 90.4 Å². The maximum atomic E-state index is 10.9. The summed E-state index contributed by atoms with van der Waals surface area (Å²) in [4.78, 5) is 28.2. The first-order valence-corrected chi connectivity index (χ1v) is 10.6. The monoisotopic (exact) mass is 397 g/mol. The molecule has 1 aromatic rings. The number of rotatable bonds is 16. The molecule has 0 radical (unpaired) electrons. The minimum atomic E-state index is -1.02. The molecule has 1 atom stereocenters. The van der Waals surface area contributed by atoms with Gasteiger partial charge in [0, 0.05) is 12.6 Å². The van der Waals surface area contributed by atoms with Gasteiger partial charge in [-0.1, -0.05) is 71.1 Å². The summed E-state index contributed by atoms with van der Waals surface area (Å²) in [6.07, 6.45) is 16.6. The smallest absolute Gasteiger partial charge is 0.307 e. The van der Waals surface area contributed by atoms with Gasteiger partial charge in [0.2, 0.25) is 0 Å². The predicted octanol–water partition coefficient (Wildman–Crippen LogP) is 4.38. The van der Waals surface area contributed by atoms with Crippen molar-refractivity contribution < 1.29 is 19.8 Å². The van der Waals surface area contributed by atoms with E-state index in [2.05, 4.69) is 16.9 Å². The van der Waals surface area contributed by atoms with Crippen molar-refractivity contribution in [3.8, 4) is 0 Å². The highest BCUT2D eigenvalue weighted by atomic mass is 16.4. The first kappa shape index (κ1) is 26.1. The van der Waals surface area contributed by atoms with E-state index in [9.17, 15) is 9.59 Å². The Kier molecular flexibility index (Phi) is 17.2. The van der Waals surface area contributed by atoms with Gasteiger partial charge in [-0.3, -0.25) is 9.59 Å². The van der Waals surface area contributed by atoms with Gasteiger partial charge in [0.25, 0.3) is 0 Å². The van der Waals surface area contributed by atoms with Crippen LogP contribution in [0.2, 0.25) is 0 Å². The third-order valence-electron chi connectivity index (χ3n) is 4.63. The van der Waals surface area contributed by atoms with Gasteiger partial charge < -0.3 is 20.9 Å². The van der Waals surface area contributed by atoms with Gasteiger partial charge in [-0.2, -0.15) is 0 Å². The van der Waals surface area contributed by atoms with E-state index in [1.165, 1.54) is 44.9 Å². The van der Waals surface area contributed by atoms with E-state index in [4.69, 9.17) is 15.9 Å². The van der Waals surface area contributed by atoms with Gasteiger partial charge in [-0.15, -0.1) is 0 Å². The number of hydrogen-bond acceptors (Lipinski definition) is 4. The van der Waals surface area contributed by atoms with Crippen LogP contribution in [0.4, 0.5) is 0 Å². The van der Waals surface area contributed by atoms with Crippen molar-refractivity contribution in [1.29, 1.82) is 0 Å². The molecule has 0 aliphatic heterocycles. The number of carbonyl (C=O) groups is 2. The van der Waals surface area contributed by atoms with Crippen molar-refractivity contribution in [1.82, 2.24) is 9.97 Å². The fourth-order valence-corrected chi connectivity index (χ4v) is 2.98. The van der Waals surface area contributed by atoms with E-state index in [1.54, 1.807) is 6.33 Å². The number of nitrogens with two attached hydrogens (primary N) is 1. The standard InChI is InChI=1S/C16H30O4.C5H9N3/c1-2-3-4-5-6-7-8-9-10-11-12-14(16(19)20)13-15(17)18;6-2-1-5-3-7-4-8-5/h14H,2-13H2,1H3,(H,17,18)(H,19,20);3-4H,1-2,6H2,(H,7,8). The maximum Gasteiger partial charge on any atom is 0.307 e. The van der Waals surface area contributed by atoms with Gasteiger partial charge in [0.15, 0.2) is 0 Å². The Labute approximate surface area is 169 Å². The summed E-state index contributed by atoms with van der Waals surface area (Å²) < 4.78 is 0. The van der Waals surface area contributed by atoms with Gasteiger partial charge >= 0.3 is 11.9 Å². The third kappa shape index (κ3) is 16.3. The molecule has 0 fully saturated rings.